The quantitative estimate of drug-likeness (QED) is 0.361. The topological polar surface area (TPSA) is 67.1 Å². The summed E-state index contributed by atoms with van der Waals surface area (Å²) < 4.78 is 14.9. The average Bonchev–Trinajstić information content (AvgIpc) is 3.04. The van der Waals surface area contributed by atoms with Crippen LogP contribution in [0.3, 0.4) is 0 Å². The third-order valence-corrected chi connectivity index (χ3v) is 3.58. The van der Waals surface area contributed by atoms with Crippen molar-refractivity contribution in [3.63, 3.8) is 0 Å². The van der Waals surface area contributed by atoms with E-state index in [0.717, 1.165) is 49.8 Å². The average molecular weight is 460 g/mol. The van der Waals surface area contributed by atoms with E-state index in [1.807, 2.05) is 11.5 Å². The van der Waals surface area contributed by atoms with Gasteiger partial charge in [-0.1, -0.05) is 19.1 Å². The van der Waals surface area contributed by atoms with Crippen LogP contribution in [0, 0.1) is 5.82 Å². The lowest BCUT2D eigenvalue weighted by Gasteiger charge is -2.12. The van der Waals surface area contributed by atoms with Crippen molar-refractivity contribution in [2.24, 2.45) is 4.99 Å². The molecule has 0 unspecified atom stereocenters. The molecule has 0 radical (unpaired) electrons. The summed E-state index contributed by atoms with van der Waals surface area (Å²) in [5.41, 5.74) is 1.08. The number of halogens is 2. The predicted molar refractivity (Wildman–Crippen MR) is 109 cm³/mol. The maximum absolute atomic E-state index is 12.9. The minimum absolute atomic E-state index is 0. The van der Waals surface area contributed by atoms with Crippen LogP contribution in [0.1, 0.15) is 25.2 Å². The summed E-state index contributed by atoms with van der Waals surface area (Å²) in [5.74, 6) is 1.55. The van der Waals surface area contributed by atoms with Gasteiger partial charge in [0.25, 0.3) is 0 Å². The summed E-state index contributed by atoms with van der Waals surface area (Å²) in [6, 6.07) is 6.55. The standard InChI is InChI=1S/C17H25FN6.HI/c1-3-16-23-22-13-24(16)12-11-21-17(19-4-2)20-10-9-14-5-7-15(18)8-6-14;/h5-8,13H,3-4,9-12H2,1-2H3,(H2,19,20,21);1H. The SMILES string of the molecule is CCNC(=NCCc1ccc(F)cc1)NCCn1cnnc1CC.I. The molecule has 8 heteroatoms. The number of benzene rings is 1. The molecule has 0 aliphatic rings. The van der Waals surface area contributed by atoms with E-state index < -0.39 is 0 Å². The molecule has 1 aromatic heterocycles. The molecule has 2 N–H and O–H groups in total. The van der Waals surface area contributed by atoms with Gasteiger partial charge in [0.15, 0.2) is 5.96 Å². The molecule has 0 saturated heterocycles. The minimum Gasteiger partial charge on any atom is -0.357 e. The van der Waals surface area contributed by atoms with Gasteiger partial charge >= 0.3 is 0 Å². The van der Waals surface area contributed by atoms with Crippen LogP contribution in [0.5, 0.6) is 0 Å². The Morgan fingerprint density at radius 2 is 1.96 bits per heavy atom. The Morgan fingerprint density at radius 3 is 2.64 bits per heavy atom. The molecule has 25 heavy (non-hydrogen) atoms. The highest BCUT2D eigenvalue weighted by molar-refractivity contribution is 14.0. The molecule has 2 aromatic rings. The van der Waals surface area contributed by atoms with Crippen molar-refractivity contribution in [1.29, 1.82) is 0 Å². The normalized spacial score (nSPS) is 11.1. The van der Waals surface area contributed by atoms with Gasteiger partial charge in [0.1, 0.15) is 18.0 Å². The summed E-state index contributed by atoms with van der Waals surface area (Å²) in [4.78, 5) is 4.55. The molecule has 0 aliphatic carbocycles. The number of aromatic nitrogens is 3. The molecule has 1 aromatic carbocycles. The van der Waals surface area contributed by atoms with Gasteiger partial charge in [-0.15, -0.1) is 34.2 Å². The third kappa shape index (κ3) is 7.37. The highest BCUT2D eigenvalue weighted by Crippen LogP contribution is 2.03. The molecule has 0 atom stereocenters. The molecule has 1 heterocycles. The number of guanidine groups is 1. The number of rotatable bonds is 8. The van der Waals surface area contributed by atoms with E-state index in [-0.39, 0.29) is 29.8 Å². The largest absolute Gasteiger partial charge is 0.357 e. The summed E-state index contributed by atoms with van der Waals surface area (Å²) in [7, 11) is 0. The van der Waals surface area contributed by atoms with Gasteiger partial charge in [-0.2, -0.15) is 0 Å². The lowest BCUT2D eigenvalue weighted by Crippen LogP contribution is -2.39. The molecule has 6 nitrogen and oxygen atoms in total. The van der Waals surface area contributed by atoms with E-state index in [4.69, 9.17) is 0 Å². The number of hydrogen-bond donors (Lipinski definition) is 2. The Balaban J connectivity index is 0.00000312. The smallest absolute Gasteiger partial charge is 0.191 e. The van der Waals surface area contributed by atoms with Crippen LogP contribution in [0.15, 0.2) is 35.6 Å². The van der Waals surface area contributed by atoms with Gasteiger partial charge in [-0.3, -0.25) is 4.99 Å². The fourth-order valence-corrected chi connectivity index (χ4v) is 2.32. The van der Waals surface area contributed by atoms with Crippen LogP contribution in [-0.2, 0) is 19.4 Å². The van der Waals surface area contributed by atoms with E-state index >= 15 is 0 Å². The Hall–Kier alpha value is -1.71. The van der Waals surface area contributed by atoms with E-state index in [9.17, 15) is 4.39 Å². The third-order valence-electron chi connectivity index (χ3n) is 3.58. The molecule has 0 fully saturated rings. The van der Waals surface area contributed by atoms with Crippen LogP contribution in [0.2, 0.25) is 0 Å². The first-order valence-corrected chi connectivity index (χ1v) is 8.36. The monoisotopic (exact) mass is 460 g/mol. The number of nitrogens with one attached hydrogen (secondary N) is 2. The van der Waals surface area contributed by atoms with E-state index in [2.05, 4.69) is 32.7 Å². The molecule has 0 saturated carbocycles. The van der Waals surface area contributed by atoms with Crippen molar-refractivity contribution in [3.05, 3.63) is 47.8 Å². The number of hydrogen-bond acceptors (Lipinski definition) is 3. The molecule has 138 valence electrons. The van der Waals surface area contributed by atoms with Crippen molar-refractivity contribution < 1.29 is 4.39 Å². The summed E-state index contributed by atoms with van der Waals surface area (Å²) in [6.07, 6.45) is 3.40. The van der Waals surface area contributed by atoms with Crippen molar-refractivity contribution in [3.8, 4) is 0 Å². The first-order chi connectivity index (χ1) is 11.7. The zero-order valence-electron chi connectivity index (χ0n) is 14.7. The van der Waals surface area contributed by atoms with Crippen LogP contribution in [0.4, 0.5) is 4.39 Å². The number of aryl methyl sites for hydroxylation is 1. The maximum Gasteiger partial charge on any atom is 0.191 e. The second-order valence-corrected chi connectivity index (χ2v) is 5.36. The van der Waals surface area contributed by atoms with Crippen LogP contribution in [0.25, 0.3) is 0 Å². The van der Waals surface area contributed by atoms with Crippen molar-refractivity contribution in [2.75, 3.05) is 19.6 Å². The summed E-state index contributed by atoms with van der Waals surface area (Å²) >= 11 is 0. The minimum atomic E-state index is -0.210. The van der Waals surface area contributed by atoms with Gasteiger partial charge in [0.2, 0.25) is 0 Å². The number of aliphatic imine (C=N–C) groups is 1. The van der Waals surface area contributed by atoms with Gasteiger partial charge in [-0.05, 0) is 31.0 Å². The van der Waals surface area contributed by atoms with Crippen LogP contribution < -0.4 is 10.6 Å². The van der Waals surface area contributed by atoms with Crippen LogP contribution in [-0.4, -0.2) is 40.4 Å². The van der Waals surface area contributed by atoms with Crippen molar-refractivity contribution in [2.45, 2.75) is 33.2 Å². The van der Waals surface area contributed by atoms with Gasteiger partial charge < -0.3 is 15.2 Å². The molecule has 2 rings (SSSR count). The number of nitrogens with zero attached hydrogens (tertiary/aromatic N) is 4. The fraction of sp³-hybridized carbons (Fsp3) is 0.471. The second kappa shape index (κ2) is 11.8. The molecular formula is C17H26FIN6. The lowest BCUT2D eigenvalue weighted by molar-refractivity contribution is 0.626. The van der Waals surface area contributed by atoms with Gasteiger partial charge in [0, 0.05) is 32.6 Å². The Labute approximate surface area is 165 Å². The van der Waals surface area contributed by atoms with Gasteiger partial charge in [0.05, 0.1) is 0 Å². The summed E-state index contributed by atoms with van der Waals surface area (Å²) in [6.45, 7) is 7.08. The Morgan fingerprint density at radius 1 is 1.20 bits per heavy atom. The van der Waals surface area contributed by atoms with Gasteiger partial charge in [-0.25, -0.2) is 4.39 Å². The second-order valence-electron chi connectivity index (χ2n) is 5.36. The first-order valence-electron chi connectivity index (χ1n) is 8.36. The van der Waals surface area contributed by atoms with Crippen LogP contribution >= 0.6 is 24.0 Å². The van der Waals surface area contributed by atoms with E-state index in [1.165, 1.54) is 12.1 Å². The summed E-state index contributed by atoms with van der Waals surface area (Å²) in [5, 5.41) is 14.5. The molecule has 0 spiro atoms. The zero-order chi connectivity index (χ0) is 17.2. The molecular weight excluding hydrogens is 434 g/mol. The zero-order valence-corrected chi connectivity index (χ0v) is 17.0. The molecule has 0 amide bonds. The molecule has 0 aliphatic heterocycles. The highest BCUT2D eigenvalue weighted by Gasteiger charge is 2.02. The predicted octanol–water partition coefficient (Wildman–Crippen LogP) is 2.40. The maximum atomic E-state index is 12.9. The van der Waals surface area contributed by atoms with E-state index in [1.54, 1.807) is 18.5 Å². The Bertz CT molecular complexity index is 641. The van der Waals surface area contributed by atoms with Crippen molar-refractivity contribution >= 4 is 29.9 Å². The fourth-order valence-electron chi connectivity index (χ4n) is 2.32. The highest BCUT2D eigenvalue weighted by atomic mass is 127. The lowest BCUT2D eigenvalue weighted by atomic mass is 10.1. The molecule has 0 bridgehead atoms. The first kappa shape index (κ1) is 21.3. The van der Waals surface area contributed by atoms with E-state index in [0.29, 0.717) is 6.54 Å². The van der Waals surface area contributed by atoms with Crippen molar-refractivity contribution in [1.82, 2.24) is 25.4 Å². The Kier molecular flexibility index (Phi) is 10.0.